The van der Waals surface area contributed by atoms with E-state index in [-0.39, 0.29) is 6.61 Å². The van der Waals surface area contributed by atoms with Crippen molar-refractivity contribution in [3.8, 4) is 28.1 Å². The Kier molecular flexibility index (Phi) is 6.34. The zero-order chi connectivity index (χ0) is 19.4. The van der Waals surface area contributed by atoms with Crippen LogP contribution in [0.4, 0.5) is 0 Å². The van der Waals surface area contributed by atoms with Gasteiger partial charge in [0.1, 0.15) is 5.75 Å². The molecule has 0 radical (unpaired) electrons. The van der Waals surface area contributed by atoms with Gasteiger partial charge in [-0.05, 0) is 42.5 Å². The van der Waals surface area contributed by atoms with Gasteiger partial charge < -0.3 is 14.6 Å². The molecule has 6 heteroatoms. The normalized spacial score (nSPS) is 10.9. The van der Waals surface area contributed by atoms with Gasteiger partial charge in [-0.25, -0.2) is 4.98 Å². The molecule has 0 aliphatic heterocycles. The van der Waals surface area contributed by atoms with E-state index < -0.39 is 0 Å². The lowest BCUT2D eigenvalue weighted by Crippen LogP contribution is -2.03. The van der Waals surface area contributed by atoms with Gasteiger partial charge in [0.15, 0.2) is 0 Å². The summed E-state index contributed by atoms with van der Waals surface area (Å²) in [7, 11) is 3.22. The van der Waals surface area contributed by atoms with E-state index in [4.69, 9.17) is 37.7 Å². The van der Waals surface area contributed by atoms with E-state index in [2.05, 4.69) is 0 Å². The van der Waals surface area contributed by atoms with Crippen molar-refractivity contribution in [2.24, 2.45) is 0 Å². The van der Waals surface area contributed by atoms with Crippen LogP contribution >= 0.6 is 23.2 Å². The van der Waals surface area contributed by atoms with Crippen LogP contribution in [-0.4, -0.2) is 24.3 Å². The average molecular weight is 404 g/mol. The summed E-state index contributed by atoms with van der Waals surface area (Å²) in [4.78, 5) is 4.78. The highest BCUT2D eigenvalue weighted by Gasteiger charge is 2.17. The molecule has 0 bridgehead atoms. The first-order valence-electron chi connectivity index (χ1n) is 8.29. The van der Waals surface area contributed by atoms with E-state index in [9.17, 15) is 5.11 Å². The summed E-state index contributed by atoms with van der Waals surface area (Å²) >= 11 is 12.5. The van der Waals surface area contributed by atoms with E-state index in [0.717, 1.165) is 28.1 Å². The zero-order valence-electron chi connectivity index (χ0n) is 15.0. The number of methoxy groups -OCH3 is 2. The number of rotatable bonds is 6. The predicted molar refractivity (Wildman–Crippen MR) is 108 cm³/mol. The third-order valence-electron chi connectivity index (χ3n) is 4.23. The van der Waals surface area contributed by atoms with Crippen molar-refractivity contribution in [1.82, 2.24) is 4.98 Å². The van der Waals surface area contributed by atoms with Crippen LogP contribution in [0.15, 0.2) is 48.5 Å². The number of hydrogen-bond donors (Lipinski definition) is 1. The van der Waals surface area contributed by atoms with Crippen LogP contribution in [0.2, 0.25) is 10.0 Å². The van der Waals surface area contributed by atoms with Gasteiger partial charge >= 0.3 is 0 Å². The Morgan fingerprint density at radius 2 is 1.70 bits per heavy atom. The van der Waals surface area contributed by atoms with Gasteiger partial charge in [-0.1, -0.05) is 29.3 Å². The van der Waals surface area contributed by atoms with E-state index >= 15 is 0 Å². The Hall–Kier alpha value is -2.11. The molecule has 0 amide bonds. The molecule has 1 heterocycles. The number of aromatic nitrogens is 1. The predicted octanol–water partition coefficient (Wildman–Crippen LogP) is 5.37. The quantitative estimate of drug-likeness (QED) is 0.600. The third kappa shape index (κ3) is 4.25. The molecule has 1 aromatic heterocycles. The maximum atomic E-state index is 9.79. The number of pyridine rings is 1. The lowest BCUT2D eigenvalue weighted by molar-refractivity contribution is 0.178. The number of aliphatic hydroxyl groups excluding tert-OH is 1. The smallest absolute Gasteiger partial charge is 0.118 e. The van der Waals surface area contributed by atoms with E-state index in [1.54, 1.807) is 26.4 Å². The minimum atomic E-state index is -0.146. The van der Waals surface area contributed by atoms with Gasteiger partial charge in [-0.3, -0.25) is 0 Å². The van der Waals surface area contributed by atoms with Crippen LogP contribution in [0.25, 0.3) is 22.4 Å². The van der Waals surface area contributed by atoms with Gasteiger partial charge in [0.05, 0.1) is 31.7 Å². The van der Waals surface area contributed by atoms with E-state index in [0.29, 0.717) is 27.9 Å². The molecule has 4 nitrogen and oxygen atoms in total. The molecule has 0 spiro atoms. The fourth-order valence-electron chi connectivity index (χ4n) is 2.87. The van der Waals surface area contributed by atoms with Crippen LogP contribution < -0.4 is 4.74 Å². The molecular formula is C21H19Cl2NO3. The lowest BCUT2D eigenvalue weighted by atomic mass is 9.96. The highest BCUT2D eigenvalue weighted by Crippen LogP contribution is 2.38. The third-order valence-corrected chi connectivity index (χ3v) is 4.78. The first-order chi connectivity index (χ1) is 13.1. The van der Waals surface area contributed by atoms with Gasteiger partial charge in [0.2, 0.25) is 0 Å². The summed E-state index contributed by atoms with van der Waals surface area (Å²) in [6, 6.07) is 14.8. The SMILES string of the molecule is COCc1nc(-c2ccc(OC)cc2)c(-c2ccc(Cl)cc2Cl)cc1CO. The minimum absolute atomic E-state index is 0.146. The summed E-state index contributed by atoms with van der Waals surface area (Å²) in [5.74, 6) is 0.758. The number of aliphatic hydroxyl groups is 1. The van der Waals surface area contributed by atoms with Crippen LogP contribution in [-0.2, 0) is 18.0 Å². The van der Waals surface area contributed by atoms with Gasteiger partial charge in [-0.15, -0.1) is 0 Å². The molecule has 3 aromatic rings. The molecule has 3 rings (SSSR count). The van der Waals surface area contributed by atoms with Crippen molar-refractivity contribution >= 4 is 23.2 Å². The van der Waals surface area contributed by atoms with Crippen molar-refractivity contribution in [3.05, 3.63) is 69.8 Å². The summed E-state index contributed by atoms with van der Waals surface area (Å²) in [6.07, 6.45) is 0. The molecule has 1 N–H and O–H groups in total. The van der Waals surface area contributed by atoms with Crippen molar-refractivity contribution < 1.29 is 14.6 Å². The van der Waals surface area contributed by atoms with Crippen LogP contribution in [0.1, 0.15) is 11.3 Å². The summed E-state index contributed by atoms with van der Waals surface area (Å²) in [6.45, 7) is 0.153. The highest BCUT2D eigenvalue weighted by molar-refractivity contribution is 6.36. The van der Waals surface area contributed by atoms with E-state index in [1.807, 2.05) is 36.4 Å². The largest absolute Gasteiger partial charge is 0.497 e. The van der Waals surface area contributed by atoms with Crippen LogP contribution in [0, 0.1) is 0 Å². The second-order valence-electron chi connectivity index (χ2n) is 5.93. The highest BCUT2D eigenvalue weighted by atomic mass is 35.5. The Labute approximate surface area is 168 Å². The van der Waals surface area contributed by atoms with E-state index in [1.165, 1.54) is 0 Å². The Balaban J connectivity index is 2.25. The summed E-state index contributed by atoms with van der Waals surface area (Å²) < 4.78 is 10.5. The number of hydrogen-bond acceptors (Lipinski definition) is 4. The fourth-order valence-corrected chi connectivity index (χ4v) is 3.38. The molecule has 0 saturated heterocycles. The molecular weight excluding hydrogens is 385 g/mol. The lowest BCUT2D eigenvalue weighted by Gasteiger charge is -2.16. The molecule has 0 saturated carbocycles. The number of nitrogens with zero attached hydrogens (tertiary/aromatic N) is 1. The number of ether oxygens (including phenoxy) is 2. The summed E-state index contributed by atoms with van der Waals surface area (Å²) in [5.41, 5.74) is 4.61. The maximum absolute atomic E-state index is 9.79. The van der Waals surface area contributed by atoms with Crippen molar-refractivity contribution in [1.29, 1.82) is 0 Å². The molecule has 27 heavy (non-hydrogen) atoms. The molecule has 0 aliphatic carbocycles. The second kappa shape index (κ2) is 8.72. The molecule has 2 aromatic carbocycles. The standard InChI is InChI=1S/C21H19Cl2NO3/c1-26-12-20-14(11-25)9-18(17-8-5-15(22)10-19(17)23)21(24-20)13-3-6-16(27-2)7-4-13/h3-10,25H,11-12H2,1-2H3. The molecule has 0 unspecified atom stereocenters. The average Bonchev–Trinajstić information content (AvgIpc) is 2.68. The monoisotopic (exact) mass is 403 g/mol. The fraction of sp³-hybridized carbons (Fsp3) is 0.190. The molecule has 140 valence electrons. The van der Waals surface area contributed by atoms with Crippen LogP contribution in [0.3, 0.4) is 0 Å². The van der Waals surface area contributed by atoms with Crippen molar-refractivity contribution in [2.45, 2.75) is 13.2 Å². The summed E-state index contributed by atoms with van der Waals surface area (Å²) in [5, 5.41) is 10.9. The van der Waals surface area contributed by atoms with Gasteiger partial charge in [0, 0.05) is 39.4 Å². The minimum Gasteiger partial charge on any atom is -0.497 e. The topological polar surface area (TPSA) is 51.6 Å². The van der Waals surface area contributed by atoms with Crippen molar-refractivity contribution in [2.75, 3.05) is 14.2 Å². The van der Waals surface area contributed by atoms with Gasteiger partial charge in [-0.2, -0.15) is 0 Å². The molecule has 0 aliphatic rings. The Morgan fingerprint density at radius 1 is 0.963 bits per heavy atom. The van der Waals surface area contributed by atoms with Crippen molar-refractivity contribution in [3.63, 3.8) is 0 Å². The molecule has 0 fully saturated rings. The van der Waals surface area contributed by atoms with Gasteiger partial charge in [0.25, 0.3) is 0 Å². The Morgan fingerprint density at radius 3 is 2.30 bits per heavy atom. The first-order valence-corrected chi connectivity index (χ1v) is 9.05. The Bertz CT molecular complexity index is 943. The zero-order valence-corrected chi connectivity index (χ0v) is 16.5. The number of halogens is 2. The second-order valence-corrected chi connectivity index (χ2v) is 6.78. The molecule has 0 atom stereocenters. The first kappa shape index (κ1) is 19.6. The number of benzene rings is 2. The van der Waals surface area contributed by atoms with Crippen LogP contribution in [0.5, 0.6) is 5.75 Å². The maximum Gasteiger partial charge on any atom is 0.118 e.